The lowest BCUT2D eigenvalue weighted by molar-refractivity contribution is 0.140. The lowest BCUT2D eigenvalue weighted by Gasteiger charge is -2.38. The minimum Gasteiger partial charge on any atom is -0.448 e. The van der Waals surface area contributed by atoms with E-state index in [2.05, 4.69) is 4.90 Å². The number of likely N-dealkylation sites (tertiary alicyclic amines) is 1. The molecule has 0 bridgehead atoms. The molecule has 0 aromatic heterocycles. The van der Waals surface area contributed by atoms with Crippen molar-refractivity contribution in [3.05, 3.63) is 0 Å². The predicted octanol–water partition coefficient (Wildman–Crippen LogP) is 1.40. The van der Waals surface area contributed by atoms with Crippen molar-refractivity contribution in [3.8, 4) is 0 Å². The van der Waals surface area contributed by atoms with Gasteiger partial charge in [-0.05, 0) is 39.9 Å². The van der Waals surface area contributed by atoms with Gasteiger partial charge < -0.3 is 22.7 Å². The van der Waals surface area contributed by atoms with Crippen LogP contribution in [0.5, 0.6) is 0 Å². The highest BCUT2D eigenvalue weighted by Crippen LogP contribution is 2.17. The van der Waals surface area contributed by atoms with Crippen LogP contribution in [-0.4, -0.2) is 56.4 Å². The molecule has 84 valence electrons. The van der Waals surface area contributed by atoms with E-state index in [4.69, 9.17) is 0 Å². The first-order chi connectivity index (χ1) is 6.38. The van der Waals surface area contributed by atoms with Gasteiger partial charge >= 0.3 is 6.98 Å². The zero-order valence-corrected chi connectivity index (χ0v) is 8.72. The van der Waals surface area contributed by atoms with Gasteiger partial charge in [-0.1, -0.05) is 0 Å². The molecule has 0 spiro atoms. The molecule has 0 saturated carbocycles. The summed E-state index contributed by atoms with van der Waals surface area (Å²) < 4.78 is 36.5. The second-order valence-corrected chi connectivity index (χ2v) is 4.21. The number of piperidine rings is 1. The van der Waals surface area contributed by atoms with Crippen LogP contribution in [0.3, 0.4) is 0 Å². The van der Waals surface area contributed by atoms with Gasteiger partial charge in [-0.3, -0.25) is 0 Å². The molecule has 1 atom stereocenters. The monoisotopic (exact) mass is 209 g/mol. The van der Waals surface area contributed by atoms with Crippen molar-refractivity contribution in [1.82, 2.24) is 9.80 Å². The van der Waals surface area contributed by atoms with E-state index >= 15 is 0 Å². The smallest absolute Gasteiger partial charge is 0.448 e. The van der Waals surface area contributed by atoms with Gasteiger partial charge in [-0.25, -0.2) is 0 Å². The van der Waals surface area contributed by atoms with E-state index < -0.39 is 13.4 Å². The van der Waals surface area contributed by atoms with E-state index in [9.17, 15) is 12.9 Å². The largest absolute Gasteiger partial charge is 0.492 e. The Morgan fingerprint density at radius 2 is 2.07 bits per heavy atom. The lowest BCUT2D eigenvalue weighted by atomic mass is 9.89. The van der Waals surface area contributed by atoms with Crippen LogP contribution in [0.25, 0.3) is 0 Å². The van der Waals surface area contributed by atoms with Crippen LogP contribution in [0, 0.1) is 0 Å². The maximum atomic E-state index is 12.2. The van der Waals surface area contributed by atoms with E-state index in [1.807, 2.05) is 7.05 Å². The first-order valence-electron chi connectivity index (χ1n) is 4.98. The van der Waals surface area contributed by atoms with Crippen LogP contribution in [0.4, 0.5) is 12.9 Å². The molecule has 0 aromatic carbocycles. The maximum absolute atomic E-state index is 12.2. The predicted molar refractivity (Wildman–Crippen MR) is 52.2 cm³/mol. The summed E-state index contributed by atoms with van der Waals surface area (Å²) in [5.41, 5.74) is 0. The molecule has 1 aliphatic rings. The number of likely N-dealkylation sites (N-methyl/N-ethyl adjacent to an activating group) is 2. The van der Waals surface area contributed by atoms with Crippen molar-refractivity contribution in [1.29, 1.82) is 0 Å². The van der Waals surface area contributed by atoms with Crippen LogP contribution < -0.4 is 0 Å². The number of rotatable bonds is 3. The molecule has 1 fully saturated rings. The molecule has 1 aliphatic heterocycles. The van der Waals surface area contributed by atoms with Crippen molar-refractivity contribution < 1.29 is 12.9 Å². The number of hydrogen-bond acceptors (Lipinski definition) is 2. The summed E-state index contributed by atoms with van der Waals surface area (Å²) in [4.78, 5) is 3.53. The molecule has 14 heavy (non-hydrogen) atoms. The summed E-state index contributed by atoms with van der Waals surface area (Å²) in [6.07, 6.45) is 1.14. The Morgan fingerprint density at radius 3 is 2.57 bits per heavy atom. The summed E-state index contributed by atoms with van der Waals surface area (Å²) >= 11 is 0. The molecule has 0 aliphatic carbocycles. The maximum Gasteiger partial charge on any atom is 0.492 e. The average molecular weight is 209 g/mol. The summed E-state index contributed by atoms with van der Waals surface area (Å²) in [5.74, 6) is 0. The van der Waals surface area contributed by atoms with E-state index in [-0.39, 0.29) is 6.04 Å². The quantitative estimate of drug-likeness (QED) is 0.648. The molecule has 0 aromatic rings. The van der Waals surface area contributed by atoms with Crippen LogP contribution >= 0.6 is 0 Å². The highest BCUT2D eigenvalue weighted by atomic mass is 19.4. The topological polar surface area (TPSA) is 6.48 Å². The molecular formula is C8H17BF3N2-. The third kappa shape index (κ3) is 3.88. The third-order valence-electron chi connectivity index (χ3n) is 2.72. The van der Waals surface area contributed by atoms with Crippen LogP contribution in [-0.2, 0) is 0 Å². The zero-order chi connectivity index (χ0) is 10.8. The second-order valence-electron chi connectivity index (χ2n) is 4.21. The van der Waals surface area contributed by atoms with E-state index in [1.54, 1.807) is 7.05 Å². The number of halogens is 3. The Labute approximate surface area is 83.1 Å². The standard InChI is InChI=1S/C8H17BF3N2/c1-13-5-3-4-8(6-13)14(2)7-9(10,11)12/h8H,3-7H2,1-2H3/q-1. The van der Waals surface area contributed by atoms with Gasteiger partial charge in [-0.15, -0.1) is 0 Å². The van der Waals surface area contributed by atoms with Crippen LogP contribution in [0.2, 0.25) is 0 Å². The minimum atomic E-state index is -4.68. The highest BCUT2D eigenvalue weighted by molar-refractivity contribution is 6.58. The Morgan fingerprint density at radius 1 is 1.43 bits per heavy atom. The lowest BCUT2D eigenvalue weighted by Crippen LogP contribution is -2.49. The molecule has 1 unspecified atom stereocenters. The van der Waals surface area contributed by atoms with Crippen molar-refractivity contribution in [2.75, 3.05) is 33.6 Å². The Kier molecular flexibility index (Phi) is 3.83. The molecule has 1 heterocycles. The van der Waals surface area contributed by atoms with Gasteiger partial charge in [0.25, 0.3) is 0 Å². The van der Waals surface area contributed by atoms with Crippen molar-refractivity contribution in [2.24, 2.45) is 0 Å². The Hall–Kier alpha value is -0.225. The molecule has 0 amide bonds. The van der Waals surface area contributed by atoms with Gasteiger partial charge in [0, 0.05) is 12.6 Å². The first-order valence-corrected chi connectivity index (χ1v) is 4.98. The molecule has 1 saturated heterocycles. The van der Waals surface area contributed by atoms with Gasteiger partial charge in [0.1, 0.15) is 0 Å². The molecule has 2 nitrogen and oxygen atoms in total. The van der Waals surface area contributed by atoms with E-state index in [0.717, 1.165) is 25.9 Å². The molecule has 0 radical (unpaired) electrons. The molecular weight excluding hydrogens is 192 g/mol. The molecule has 0 N–H and O–H groups in total. The zero-order valence-electron chi connectivity index (χ0n) is 8.72. The first kappa shape index (κ1) is 11.8. The summed E-state index contributed by atoms with van der Waals surface area (Å²) in [5, 5.41) is 0. The summed E-state index contributed by atoms with van der Waals surface area (Å²) in [6.45, 7) is -2.93. The third-order valence-corrected chi connectivity index (χ3v) is 2.72. The van der Waals surface area contributed by atoms with E-state index in [1.165, 1.54) is 4.90 Å². The van der Waals surface area contributed by atoms with E-state index in [0.29, 0.717) is 0 Å². The number of nitrogens with zero attached hydrogens (tertiary/aromatic N) is 2. The minimum absolute atomic E-state index is 0.0669. The molecule has 6 heteroatoms. The summed E-state index contributed by atoms with van der Waals surface area (Å²) in [6, 6.07) is 0.0669. The van der Waals surface area contributed by atoms with Crippen molar-refractivity contribution in [2.45, 2.75) is 18.9 Å². The summed E-state index contributed by atoms with van der Waals surface area (Å²) in [7, 11) is 3.53. The normalized spacial score (nSPS) is 25.7. The Balaban J connectivity index is 2.39. The van der Waals surface area contributed by atoms with Gasteiger partial charge in [0.05, 0.1) is 0 Å². The van der Waals surface area contributed by atoms with Crippen LogP contribution in [0.1, 0.15) is 12.8 Å². The second kappa shape index (κ2) is 4.53. The van der Waals surface area contributed by atoms with Gasteiger partial charge in [0.15, 0.2) is 0 Å². The number of hydrogen-bond donors (Lipinski definition) is 0. The molecule has 1 rings (SSSR count). The van der Waals surface area contributed by atoms with Crippen LogP contribution in [0.15, 0.2) is 0 Å². The fourth-order valence-corrected chi connectivity index (χ4v) is 1.97. The van der Waals surface area contributed by atoms with Crippen molar-refractivity contribution in [3.63, 3.8) is 0 Å². The fraction of sp³-hybridized carbons (Fsp3) is 1.00. The SMILES string of the molecule is CN1CCCC(N(C)C[B-](F)(F)F)C1. The van der Waals surface area contributed by atoms with Gasteiger partial charge in [-0.2, -0.15) is 0 Å². The highest BCUT2D eigenvalue weighted by Gasteiger charge is 2.29. The van der Waals surface area contributed by atoms with Crippen molar-refractivity contribution >= 4 is 6.98 Å². The average Bonchev–Trinajstić information content (AvgIpc) is 2.01. The van der Waals surface area contributed by atoms with Gasteiger partial charge in [0.2, 0.25) is 0 Å². The Bertz CT molecular complexity index is 186. The fourth-order valence-electron chi connectivity index (χ4n) is 1.97.